The van der Waals surface area contributed by atoms with Crippen LogP contribution in [0.2, 0.25) is 0 Å². The van der Waals surface area contributed by atoms with Gasteiger partial charge in [0.05, 0.1) is 0 Å². The summed E-state index contributed by atoms with van der Waals surface area (Å²) in [6.07, 6.45) is 0. The summed E-state index contributed by atoms with van der Waals surface area (Å²) in [6, 6.07) is 27.3. The summed E-state index contributed by atoms with van der Waals surface area (Å²) in [4.78, 5) is 0. The van der Waals surface area contributed by atoms with E-state index in [0.717, 1.165) is 13.8 Å². The lowest BCUT2D eigenvalue weighted by atomic mass is 10.1. The molecule has 0 radical (unpaired) electrons. The van der Waals surface area contributed by atoms with Gasteiger partial charge in [-0.15, -0.1) is 0 Å². The molecule has 0 N–H and O–H groups in total. The Morgan fingerprint density at radius 2 is 1.13 bits per heavy atom. The molecule has 1 aromatic heterocycles. The van der Waals surface area contributed by atoms with Gasteiger partial charge in [0.15, 0.2) is 0 Å². The van der Waals surface area contributed by atoms with Gasteiger partial charge in [0, 0.05) is 0 Å². The summed E-state index contributed by atoms with van der Waals surface area (Å²) in [5.74, 6) is -2.50. The second-order valence-corrected chi connectivity index (χ2v) is 7.91. The molecule has 0 amide bonds. The zero-order valence-corrected chi connectivity index (χ0v) is 20.6. The SMILES string of the molecule is CC.CC(C)(F)F.Cc1ccc2ccccc2c1.Cc1ccccc1.Cc1ccsc1. The maximum atomic E-state index is 11.0. The highest BCUT2D eigenvalue weighted by Crippen LogP contribution is 2.14. The molecule has 168 valence electrons. The molecule has 0 aliphatic rings. The van der Waals surface area contributed by atoms with Gasteiger partial charge in [0.1, 0.15) is 0 Å². The first kappa shape index (κ1) is 28.5. The summed E-state index contributed by atoms with van der Waals surface area (Å²) in [7, 11) is 0. The fourth-order valence-corrected chi connectivity index (χ4v) is 2.84. The molecule has 0 aliphatic heterocycles. The van der Waals surface area contributed by atoms with Crippen LogP contribution in [0, 0.1) is 20.8 Å². The van der Waals surface area contributed by atoms with Crippen molar-refractivity contribution < 1.29 is 8.78 Å². The van der Waals surface area contributed by atoms with E-state index in [1.54, 1.807) is 11.3 Å². The number of benzene rings is 3. The first-order chi connectivity index (χ1) is 14.6. The number of hydrogen-bond donors (Lipinski definition) is 0. The largest absolute Gasteiger partial charge is 0.242 e. The molecule has 31 heavy (non-hydrogen) atoms. The standard InChI is InChI=1S/C11H10.C7H8.C5H6S.C3H6F2.C2H6/c1-9-6-7-10-4-2-3-5-11(10)8-9;1-7-5-3-2-4-6-7;1-5-2-3-6-4-5;1-3(2,4)5;1-2/h2-8H,1H3;2-6H,1H3;2-4H,1H3;1-2H3;1-2H3. The lowest BCUT2D eigenvalue weighted by Gasteiger charge is -1.96. The smallest absolute Gasteiger partial charge is 0.208 e. The summed E-state index contributed by atoms with van der Waals surface area (Å²) in [5, 5.41) is 6.85. The van der Waals surface area contributed by atoms with Crippen LogP contribution < -0.4 is 0 Å². The zero-order chi connectivity index (χ0) is 23.7. The number of hydrogen-bond acceptors (Lipinski definition) is 1. The third kappa shape index (κ3) is 16.9. The van der Waals surface area contributed by atoms with Crippen LogP contribution in [0.3, 0.4) is 0 Å². The van der Waals surface area contributed by atoms with Gasteiger partial charge in [-0.25, -0.2) is 8.78 Å². The minimum Gasteiger partial charge on any atom is -0.208 e. The predicted octanol–water partition coefficient (Wildman–Crippen LogP) is 9.89. The third-order valence-corrected chi connectivity index (χ3v) is 4.31. The van der Waals surface area contributed by atoms with Gasteiger partial charge < -0.3 is 0 Å². The highest BCUT2D eigenvalue weighted by Gasteiger charge is 2.08. The Bertz CT molecular complexity index is 918. The van der Waals surface area contributed by atoms with E-state index in [2.05, 4.69) is 92.2 Å². The highest BCUT2D eigenvalue weighted by atomic mass is 32.1. The maximum Gasteiger partial charge on any atom is 0.242 e. The van der Waals surface area contributed by atoms with E-state index in [-0.39, 0.29) is 0 Å². The van der Waals surface area contributed by atoms with Gasteiger partial charge in [-0.3, -0.25) is 0 Å². The van der Waals surface area contributed by atoms with Crippen LogP contribution in [0.4, 0.5) is 8.78 Å². The van der Waals surface area contributed by atoms with E-state index in [1.165, 1.54) is 27.5 Å². The topological polar surface area (TPSA) is 0 Å². The van der Waals surface area contributed by atoms with Gasteiger partial charge in [0.25, 0.3) is 0 Å². The summed E-state index contributed by atoms with van der Waals surface area (Å²) in [5.41, 5.74) is 4.01. The minimum absolute atomic E-state index is 0.854. The van der Waals surface area contributed by atoms with Crippen molar-refractivity contribution in [3.63, 3.8) is 0 Å². The molecule has 0 unspecified atom stereocenters. The molecule has 0 nitrogen and oxygen atoms in total. The molecule has 0 aliphatic carbocycles. The van der Waals surface area contributed by atoms with E-state index >= 15 is 0 Å². The van der Waals surface area contributed by atoms with E-state index in [0.29, 0.717) is 0 Å². The average molecular weight is 443 g/mol. The Morgan fingerprint density at radius 1 is 0.613 bits per heavy atom. The lowest BCUT2D eigenvalue weighted by molar-refractivity contribution is 0.0437. The molecule has 0 atom stereocenters. The van der Waals surface area contributed by atoms with Gasteiger partial charge in [-0.2, -0.15) is 11.3 Å². The molecule has 0 saturated heterocycles. The van der Waals surface area contributed by atoms with Crippen LogP contribution in [0.1, 0.15) is 44.4 Å². The molecule has 1 heterocycles. The van der Waals surface area contributed by atoms with Crippen molar-refractivity contribution >= 4 is 22.1 Å². The molecular weight excluding hydrogens is 406 g/mol. The van der Waals surface area contributed by atoms with Crippen molar-refractivity contribution in [3.8, 4) is 0 Å². The van der Waals surface area contributed by atoms with Crippen LogP contribution >= 0.6 is 11.3 Å². The van der Waals surface area contributed by atoms with Crippen molar-refractivity contribution in [3.05, 3.63) is 106 Å². The number of thiophene rings is 1. The normalized spacial score (nSPS) is 9.45. The number of fused-ring (bicyclic) bond motifs is 1. The number of rotatable bonds is 0. The molecule has 4 aromatic rings. The maximum absolute atomic E-state index is 11.0. The Balaban J connectivity index is 0.000000396. The van der Waals surface area contributed by atoms with Crippen LogP contribution in [0.5, 0.6) is 0 Å². The summed E-state index contributed by atoms with van der Waals surface area (Å²) >= 11 is 1.74. The molecule has 3 aromatic carbocycles. The van der Waals surface area contributed by atoms with E-state index in [4.69, 9.17) is 0 Å². The van der Waals surface area contributed by atoms with Crippen molar-refractivity contribution in [1.82, 2.24) is 0 Å². The number of alkyl halides is 2. The molecule has 0 spiro atoms. The van der Waals surface area contributed by atoms with Crippen LogP contribution in [0.25, 0.3) is 10.8 Å². The fourth-order valence-electron chi connectivity index (χ4n) is 2.18. The van der Waals surface area contributed by atoms with Gasteiger partial charge in [-0.05, 0) is 67.8 Å². The van der Waals surface area contributed by atoms with Crippen molar-refractivity contribution in [2.24, 2.45) is 0 Å². The molecular formula is C28H36F2S. The van der Waals surface area contributed by atoms with Crippen LogP contribution in [-0.4, -0.2) is 5.92 Å². The van der Waals surface area contributed by atoms with E-state index in [9.17, 15) is 8.78 Å². The molecule has 0 bridgehead atoms. The van der Waals surface area contributed by atoms with E-state index in [1.807, 2.05) is 32.0 Å². The van der Waals surface area contributed by atoms with Gasteiger partial charge >= 0.3 is 0 Å². The molecule has 4 rings (SSSR count). The fraction of sp³-hybridized carbons (Fsp3) is 0.286. The third-order valence-electron chi connectivity index (χ3n) is 3.51. The molecule has 0 fully saturated rings. The van der Waals surface area contributed by atoms with Crippen molar-refractivity contribution in [2.75, 3.05) is 0 Å². The van der Waals surface area contributed by atoms with Gasteiger partial charge in [0.2, 0.25) is 5.92 Å². The quantitative estimate of drug-likeness (QED) is 0.254. The van der Waals surface area contributed by atoms with E-state index < -0.39 is 5.92 Å². The van der Waals surface area contributed by atoms with Crippen LogP contribution in [0.15, 0.2) is 89.6 Å². The number of aryl methyl sites for hydroxylation is 3. The lowest BCUT2D eigenvalue weighted by Crippen LogP contribution is -1.98. The molecule has 0 saturated carbocycles. The second kappa shape index (κ2) is 16.2. The first-order valence-corrected chi connectivity index (χ1v) is 11.4. The Labute approximate surface area is 191 Å². The van der Waals surface area contributed by atoms with Crippen LogP contribution in [-0.2, 0) is 0 Å². The Hall–Kier alpha value is -2.52. The minimum atomic E-state index is -2.50. The van der Waals surface area contributed by atoms with Crippen molar-refractivity contribution in [2.45, 2.75) is 54.4 Å². The predicted molar refractivity (Wildman–Crippen MR) is 137 cm³/mol. The van der Waals surface area contributed by atoms with Crippen molar-refractivity contribution in [1.29, 1.82) is 0 Å². The monoisotopic (exact) mass is 442 g/mol. The average Bonchev–Trinajstić information content (AvgIpc) is 3.21. The summed E-state index contributed by atoms with van der Waals surface area (Å²) in [6.45, 7) is 12.0. The first-order valence-electron chi connectivity index (χ1n) is 10.5. The zero-order valence-electron chi connectivity index (χ0n) is 19.8. The summed E-state index contributed by atoms with van der Waals surface area (Å²) < 4.78 is 22.0. The molecule has 3 heteroatoms. The highest BCUT2D eigenvalue weighted by molar-refractivity contribution is 7.07. The second-order valence-electron chi connectivity index (χ2n) is 7.13. The Kier molecular flexibility index (Phi) is 14.9. The van der Waals surface area contributed by atoms with Gasteiger partial charge in [-0.1, -0.05) is 97.8 Å². The number of halogens is 2. The Morgan fingerprint density at radius 3 is 1.52 bits per heavy atom.